The van der Waals surface area contributed by atoms with Gasteiger partial charge in [0.1, 0.15) is 0 Å². The van der Waals surface area contributed by atoms with Crippen LogP contribution in [0.1, 0.15) is 0 Å². The summed E-state index contributed by atoms with van der Waals surface area (Å²) in [7, 11) is 0. The molecule has 34 heavy (non-hydrogen) atoms. The molecule has 0 saturated heterocycles. The summed E-state index contributed by atoms with van der Waals surface area (Å²) in [6.07, 6.45) is 0. The third kappa shape index (κ3) is 2.46. The van der Waals surface area contributed by atoms with Crippen LogP contribution in [0, 0.1) is 0 Å². The van der Waals surface area contributed by atoms with Crippen molar-refractivity contribution in [2.45, 2.75) is 9.79 Å². The van der Waals surface area contributed by atoms with Crippen molar-refractivity contribution in [2.75, 3.05) is 0 Å². The molecule has 1 aromatic heterocycles. The van der Waals surface area contributed by atoms with Crippen LogP contribution >= 0.6 is 11.8 Å². The van der Waals surface area contributed by atoms with Gasteiger partial charge in [-0.1, -0.05) is 84.6 Å². The molecule has 0 N–H and O–H groups in total. The number of nitrogens with zero attached hydrogens (tertiary/aromatic N) is 1. The lowest BCUT2D eigenvalue weighted by Crippen LogP contribution is -1.98. The average Bonchev–Trinajstić information content (AvgIpc) is 3.21. The maximum atomic E-state index is 2.43. The molecule has 0 unspecified atom stereocenters. The standard InChI is InChI=1S/C32H19NS/c1-2-8-22-18-29-26(17-21(22)7-1)24-11-3-4-13-28(24)33(29)23-15-16-30-27(19-23)25-12-5-9-20-10-6-14-31(34-30)32(20)25/h1-19H. The molecule has 2 heterocycles. The van der Waals surface area contributed by atoms with Crippen molar-refractivity contribution < 1.29 is 0 Å². The lowest BCUT2D eigenvalue weighted by molar-refractivity contribution is 1.17. The third-order valence-electron chi connectivity index (χ3n) is 7.14. The van der Waals surface area contributed by atoms with Crippen LogP contribution < -0.4 is 0 Å². The van der Waals surface area contributed by atoms with Crippen LogP contribution in [0.5, 0.6) is 0 Å². The Morgan fingerprint density at radius 2 is 1.24 bits per heavy atom. The smallest absolute Gasteiger partial charge is 0.0547 e. The zero-order chi connectivity index (χ0) is 22.2. The minimum Gasteiger partial charge on any atom is -0.309 e. The van der Waals surface area contributed by atoms with E-state index in [4.69, 9.17) is 0 Å². The predicted octanol–water partition coefficient (Wildman–Crippen LogP) is 9.22. The fraction of sp³-hybridized carbons (Fsp3) is 0. The van der Waals surface area contributed by atoms with Gasteiger partial charge in [0, 0.05) is 31.6 Å². The Hall–Kier alpha value is -4.01. The molecule has 0 bridgehead atoms. The molecule has 1 nitrogen and oxygen atoms in total. The monoisotopic (exact) mass is 449 g/mol. The Bertz CT molecular complexity index is 1940. The second-order valence-electron chi connectivity index (χ2n) is 9.01. The normalized spacial score (nSPS) is 12.6. The van der Waals surface area contributed by atoms with Gasteiger partial charge in [-0.05, 0) is 69.8 Å². The summed E-state index contributed by atoms with van der Waals surface area (Å²) in [5.41, 5.74) is 6.35. The molecule has 0 fully saturated rings. The first-order chi connectivity index (χ1) is 16.8. The van der Waals surface area contributed by atoms with Gasteiger partial charge in [-0.15, -0.1) is 0 Å². The second-order valence-corrected chi connectivity index (χ2v) is 10.1. The van der Waals surface area contributed by atoms with Crippen LogP contribution in [0.4, 0.5) is 0 Å². The van der Waals surface area contributed by atoms with Crippen LogP contribution in [0.25, 0.3) is 60.2 Å². The summed E-state index contributed by atoms with van der Waals surface area (Å²) in [6, 6.07) is 42.4. The van der Waals surface area contributed by atoms with E-state index < -0.39 is 0 Å². The van der Waals surface area contributed by atoms with E-state index in [-0.39, 0.29) is 0 Å². The topological polar surface area (TPSA) is 4.93 Å². The predicted molar refractivity (Wildman–Crippen MR) is 145 cm³/mol. The van der Waals surface area contributed by atoms with Gasteiger partial charge >= 0.3 is 0 Å². The Balaban J connectivity index is 1.46. The quantitative estimate of drug-likeness (QED) is 0.242. The summed E-state index contributed by atoms with van der Waals surface area (Å²) >= 11 is 1.88. The van der Waals surface area contributed by atoms with E-state index in [1.807, 2.05) is 11.8 Å². The summed E-state index contributed by atoms with van der Waals surface area (Å²) in [6.45, 7) is 0. The maximum absolute atomic E-state index is 2.43. The van der Waals surface area contributed by atoms with Crippen molar-refractivity contribution in [1.82, 2.24) is 4.57 Å². The number of hydrogen-bond donors (Lipinski definition) is 0. The zero-order valence-corrected chi connectivity index (χ0v) is 19.1. The van der Waals surface area contributed by atoms with Crippen LogP contribution in [0.3, 0.4) is 0 Å². The Morgan fingerprint density at radius 3 is 2.15 bits per heavy atom. The lowest BCUT2D eigenvalue weighted by atomic mass is 9.97. The molecule has 0 aliphatic carbocycles. The van der Waals surface area contributed by atoms with Gasteiger partial charge in [0.05, 0.1) is 11.0 Å². The second kappa shape index (κ2) is 6.75. The average molecular weight is 450 g/mol. The van der Waals surface area contributed by atoms with Crippen LogP contribution in [-0.2, 0) is 0 Å². The Kier molecular flexibility index (Phi) is 3.66. The summed E-state index contributed by atoms with van der Waals surface area (Å²) in [5.74, 6) is 0. The SMILES string of the molecule is c1ccc2cc3c(cc2c1)c1ccccc1n3-c1ccc2c(c1)-c1cccc3cccc(c13)S2. The molecular formula is C32H19NS. The van der Waals surface area contributed by atoms with Crippen molar-refractivity contribution in [3.63, 3.8) is 0 Å². The van der Waals surface area contributed by atoms with E-state index in [1.165, 1.54) is 70.0 Å². The van der Waals surface area contributed by atoms with Crippen LogP contribution in [0.2, 0.25) is 0 Å². The first kappa shape index (κ1) is 18.4. The van der Waals surface area contributed by atoms with Crippen molar-refractivity contribution in [3.05, 3.63) is 115 Å². The largest absolute Gasteiger partial charge is 0.309 e. The molecule has 1 aliphatic heterocycles. The number of aromatic nitrogens is 1. The van der Waals surface area contributed by atoms with Crippen molar-refractivity contribution >= 4 is 55.1 Å². The van der Waals surface area contributed by atoms with E-state index in [2.05, 4.69) is 120 Å². The highest BCUT2D eigenvalue weighted by molar-refractivity contribution is 7.99. The number of para-hydroxylation sites is 1. The molecule has 0 saturated carbocycles. The minimum absolute atomic E-state index is 1.21. The number of benzene rings is 6. The van der Waals surface area contributed by atoms with Crippen LogP contribution in [-0.4, -0.2) is 4.57 Å². The molecule has 0 spiro atoms. The molecule has 2 heteroatoms. The zero-order valence-electron chi connectivity index (χ0n) is 18.3. The van der Waals surface area contributed by atoms with E-state index >= 15 is 0 Å². The molecule has 6 aromatic carbocycles. The van der Waals surface area contributed by atoms with E-state index in [1.54, 1.807) is 0 Å². The molecule has 7 aromatic rings. The molecule has 0 amide bonds. The Labute approximate surface area is 201 Å². The molecule has 0 atom stereocenters. The summed E-state index contributed by atoms with van der Waals surface area (Å²) < 4.78 is 2.43. The molecule has 158 valence electrons. The molecule has 8 rings (SSSR count). The van der Waals surface area contributed by atoms with Gasteiger partial charge < -0.3 is 4.57 Å². The first-order valence-corrected chi connectivity index (χ1v) is 12.4. The highest BCUT2D eigenvalue weighted by Crippen LogP contribution is 2.48. The fourth-order valence-electron chi connectivity index (χ4n) is 5.62. The Morgan fingerprint density at radius 1 is 0.471 bits per heavy atom. The van der Waals surface area contributed by atoms with Crippen molar-refractivity contribution in [1.29, 1.82) is 0 Å². The van der Waals surface area contributed by atoms with Crippen molar-refractivity contribution in [3.8, 4) is 16.8 Å². The van der Waals surface area contributed by atoms with Gasteiger partial charge in [-0.25, -0.2) is 0 Å². The molecular weight excluding hydrogens is 430 g/mol. The summed E-state index contributed by atoms with van der Waals surface area (Å²) in [4.78, 5) is 2.66. The van der Waals surface area contributed by atoms with E-state index in [9.17, 15) is 0 Å². The first-order valence-electron chi connectivity index (χ1n) is 11.6. The van der Waals surface area contributed by atoms with Gasteiger partial charge in [-0.2, -0.15) is 0 Å². The number of fused-ring (bicyclic) bond motifs is 6. The summed E-state index contributed by atoms with van der Waals surface area (Å²) in [5, 5.41) is 7.82. The van der Waals surface area contributed by atoms with Gasteiger partial charge in [-0.3, -0.25) is 0 Å². The number of rotatable bonds is 1. The highest BCUT2D eigenvalue weighted by atomic mass is 32.2. The molecule has 1 aliphatic rings. The van der Waals surface area contributed by atoms with Gasteiger partial charge in [0.2, 0.25) is 0 Å². The van der Waals surface area contributed by atoms with Gasteiger partial charge in [0.15, 0.2) is 0 Å². The highest BCUT2D eigenvalue weighted by Gasteiger charge is 2.20. The van der Waals surface area contributed by atoms with Crippen LogP contribution in [0.15, 0.2) is 125 Å². The lowest BCUT2D eigenvalue weighted by Gasteiger charge is -2.21. The van der Waals surface area contributed by atoms with Gasteiger partial charge in [0.25, 0.3) is 0 Å². The minimum atomic E-state index is 1.21. The third-order valence-corrected chi connectivity index (χ3v) is 8.27. The fourth-order valence-corrected chi connectivity index (χ4v) is 6.75. The molecule has 0 radical (unpaired) electrons. The van der Waals surface area contributed by atoms with E-state index in [0.29, 0.717) is 0 Å². The number of hydrogen-bond acceptors (Lipinski definition) is 1. The van der Waals surface area contributed by atoms with Crippen molar-refractivity contribution in [2.24, 2.45) is 0 Å². The maximum Gasteiger partial charge on any atom is 0.0547 e. The van der Waals surface area contributed by atoms with E-state index in [0.717, 1.165) is 0 Å².